The van der Waals surface area contributed by atoms with E-state index in [2.05, 4.69) is 41.8 Å². The number of hydrogen-bond acceptors (Lipinski definition) is 2. The van der Waals surface area contributed by atoms with Crippen molar-refractivity contribution in [2.75, 3.05) is 11.9 Å². The van der Waals surface area contributed by atoms with Crippen LogP contribution in [0.1, 0.15) is 58.9 Å². The minimum atomic E-state index is 0.640. The smallest absolute Gasteiger partial charge is 0.203 e. The molecule has 0 spiro atoms. The Labute approximate surface area is 111 Å². The molecule has 18 heavy (non-hydrogen) atoms. The number of nitrogens with zero attached hydrogens (tertiary/aromatic N) is 2. The summed E-state index contributed by atoms with van der Waals surface area (Å²) in [5, 5.41) is 3.48. The summed E-state index contributed by atoms with van der Waals surface area (Å²) in [6, 6.07) is 0.640. The number of anilines is 1. The lowest BCUT2D eigenvalue weighted by Gasteiger charge is -2.23. The first-order valence-corrected chi connectivity index (χ1v) is 7.54. The van der Waals surface area contributed by atoms with Crippen LogP contribution in [-0.4, -0.2) is 16.1 Å². The van der Waals surface area contributed by atoms with Gasteiger partial charge in [-0.05, 0) is 31.1 Å². The molecule has 102 valence electrons. The molecule has 0 aliphatic heterocycles. The zero-order valence-corrected chi connectivity index (χ0v) is 12.0. The van der Waals surface area contributed by atoms with Gasteiger partial charge in [0.05, 0.1) is 0 Å². The van der Waals surface area contributed by atoms with E-state index in [9.17, 15) is 0 Å². The van der Waals surface area contributed by atoms with E-state index in [0.29, 0.717) is 6.04 Å². The van der Waals surface area contributed by atoms with Gasteiger partial charge in [0.25, 0.3) is 0 Å². The molecule has 0 amide bonds. The van der Waals surface area contributed by atoms with Crippen molar-refractivity contribution < 1.29 is 0 Å². The second kappa shape index (κ2) is 6.26. The van der Waals surface area contributed by atoms with Gasteiger partial charge in [0.1, 0.15) is 0 Å². The van der Waals surface area contributed by atoms with Gasteiger partial charge in [0.15, 0.2) is 0 Å². The molecule has 1 saturated carbocycles. The summed E-state index contributed by atoms with van der Waals surface area (Å²) in [7, 11) is 0. The Kier molecular flexibility index (Phi) is 4.67. The fourth-order valence-electron chi connectivity index (χ4n) is 3.29. The summed E-state index contributed by atoms with van der Waals surface area (Å²) < 4.78 is 2.37. The van der Waals surface area contributed by atoms with Crippen LogP contribution in [0.4, 0.5) is 5.95 Å². The lowest BCUT2D eigenvalue weighted by atomic mass is 9.93. The lowest BCUT2D eigenvalue weighted by molar-refractivity contribution is 0.331. The van der Waals surface area contributed by atoms with E-state index in [1.54, 1.807) is 0 Å². The van der Waals surface area contributed by atoms with Crippen molar-refractivity contribution in [3.63, 3.8) is 0 Å². The molecule has 0 saturated heterocycles. The van der Waals surface area contributed by atoms with E-state index < -0.39 is 0 Å². The zero-order valence-electron chi connectivity index (χ0n) is 12.0. The van der Waals surface area contributed by atoms with Crippen LogP contribution in [0.5, 0.6) is 0 Å². The quantitative estimate of drug-likeness (QED) is 0.769. The van der Waals surface area contributed by atoms with Gasteiger partial charge in [-0.3, -0.25) is 0 Å². The molecule has 3 heteroatoms. The van der Waals surface area contributed by atoms with Crippen LogP contribution < -0.4 is 5.32 Å². The highest BCUT2D eigenvalue weighted by atomic mass is 15.2. The van der Waals surface area contributed by atoms with Crippen molar-refractivity contribution in [2.24, 2.45) is 11.8 Å². The Balaban J connectivity index is 2.02. The summed E-state index contributed by atoms with van der Waals surface area (Å²) in [4.78, 5) is 4.47. The third-order valence-electron chi connectivity index (χ3n) is 4.55. The highest BCUT2D eigenvalue weighted by molar-refractivity contribution is 5.27. The number of rotatable bonds is 6. The zero-order chi connectivity index (χ0) is 13.0. The van der Waals surface area contributed by atoms with Crippen LogP contribution in [0.2, 0.25) is 0 Å². The average Bonchev–Trinajstić information content (AvgIpc) is 2.96. The molecule has 0 aromatic carbocycles. The van der Waals surface area contributed by atoms with E-state index in [4.69, 9.17) is 0 Å². The molecule has 1 aromatic rings. The fraction of sp³-hybridized carbons (Fsp3) is 0.800. The molecule has 1 aliphatic rings. The molecule has 0 bridgehead atoms. The van der Waals surface area contributed by atoms with Gasteiger partial charge in [0, 0.05) is 25.0 Å². The van der Waals surface area contributed by atoms with Crippen LogP contribution in [-0.2, 0) is 0 Å². The number of aromatic nitrogens is 2. The number of imidazole rings is 1. The summed E-state index contributed by atoms with van der Waals surface area (Å²) in [6.07, 6.45) is 10.5. The van der Waals surface area contributed by atoms with E-state index in [0.717, 1.165) is 24.3 Å². The third-order valence-corrected chi connectivity index (χ3v) is 4.55. The molecule has 3 unspecified atom stereocenters. The maximum Gasteiger partial charge on any atom is 0.203 e. The molecule has 1 N–H and O–H groups in total. The second-order valence-corrected chi connectivity index (χ2v) is 5.61. The lowest BCUT2D eigenvalue weighted by Crippen LogP contribution is -2.18. The Morgan fingerprint density at radius 2 is 2.22 bits per heavy atom. The Morgan fingerprint density at radius 1 is 1.39 bits per heavy atom. The fourth-order valence-corrected chi connectivity index (χ4v) is 3.29. The van der Waals surface area contributed by atoms with Crippen molar-refractivity contribution in [2.45, 2.75) is 58.9 Å². The molecule has 1 fully saturated rings. The van der Waals surface area contributed by atoms with Crippen molar-refractivity contribution in [3.8, 4) is 0 Å². The van der Waals surface area contributed by atoms with Crippen LogP contribution in [0.25, 0.3) is 0 Å². The molecule has 1 aliphatic carbocycles. The van der Waals surface area contributed by atoms with E-state index in [1.807, 2.05) is 6.20 Å². The average molecular weight is 249 g/mol. The largest absolute Gasteiger partial charge is 0.356 e. The molecule has 1 heterocycles. The van der Waals surface area contributed by atoms with Gasteiger partial charge in [-0.15, -0.1) is 0 Å². The van der Waals surface area contributed by atoms with Crippen LogP contribution in [0.3, 0.4) is 0 Å². The predicted octanol–water partition coefficient (Wildman–Crippen LogP) is 4.09. The summed E-state index contributed by atoms with van der Waals surface area (Å²) in [5.41, 5.74) is 0. The van der Waals surface area contributed by atoms with Crippen molar-refractivity contribution >= 4 is 5.95 Å². The Morgan fingerprint density at radius 3 is 2.89 bits per heavy atom. The van der Waals surface area contributed by atoms with Gasteiger partial charge in [0.2, 0.25) is 5.95 Å². The standard InChI is InChI=1S/C15H27N3/c1-4-6-9-16-15-17-10-11-18(15)14-8-7-13(5-2)12(14)3/h10-14H,4-9H2,1-3H3,(H,16,17). The van der Waals surface area contributed by atoms with Crippen LogP contribution in [0, 0.1) is 11.8 Å². The van der Waals surface area contributed by atoms with E-state index in [-0.39, 0.29) is 0 Å². The first kappa shape index (κ1) is 13.4. The van der Waals surface area contributed by atoms with Crippen LogP contribution >= 0.6 is 0 Å². The third kappa shape index (κ3) is 2.70. The highest BCUT2D eigenvalue weighted by Gasteiger charge is 2.33. The second-order valence-electron chi connectivity index (χ2n) is 5.61. The summed E-state index contributed by atoms with van der Waals surface area (Å²) in [6.45, 7) is 7.98. The first-order chi connectivity index (χ1) is 8.77. The normalized spacial score (nSPS) is 27.6. The summed E-state index contributed by atoms with van der Waals surface area (Å²) in [5.74, 6) is 2.73. The predicted molar refractivity (Wildman–Crippen MR) is 76.8 cm³/mol. The molecule has 3 nitrogen and oxygen atoms in total. The SMILES string of the molecule is CCCCNc1nccn1C1CCC(CC)C1C. The Hall–Kier alpha value is -0.990. The topological polar surface area (TPSA) is 29.9 Å². The van der Waals surface area contributed by atoms with E-state index in [1.165, 1.54) is 32.1 Å². The van der Waals surface area contributed by atoms with Crippen LogP contribution in [0.15, 0.2) is 12.4 Å². The number of nitrogens with one attached hydrogen (secondary N) is 1. The molecule has 3 atom stereocenters. The maximum absolute atomic E-state index is 4.47. The number of hydrogen-bond donors (Lipinski definition) is 1. The highest BCUT2D eigenvalue weighted by Crippen LogP contribution is 2.42. The van der Waals surface area contributed by atoms with Gasteiger partial charge in [-0.2, -0.15) is 0 Å². The van der Waals surface area contributed by atoms with Gasteiger partial charge in [-0.25, -0.2) is 4.98 Å². The van der Waals surface area contributed by atoms with Gasteiger partial charge < -0.3 is 9.88 Å². The Bertz CT molecular complexity index is 358. The van der Waals surface area contributed by atoms with Crippen molar-refractivity contribution in [1.29, 1.82) is 0 Å². The molecular weight excluding hydrogens is 222 g/mol. The van der Waals surface area contributed by atoms with Crippen molar-refractivity contribution in [3.05, 3.63) is 12.4 Å². The first-order valence-electron chi connectivity index (χ1n) is 7.54. The molecule has 0 radical (unpaired) electrons. The minimum Gasteiger partial charge on any atom is -0.356 e. The summed E-state index contributed by atoms with van der Waals surface area (Å²) >= 11 is 0. The molecule has 1 aromatic heterocycles. The van der Waals surface area contributed by atoms with Crippen molar-refractivity contribution in [1.82, 2.24) is 9.55 Å². The van der Waals surface area contributed by atoms with E-state index >= 15 is 0 Å². The van der Waals surface area contributed by atoms with Gasteiger partial charge >= 0.3 is 0 Å². The maximum atomic E-state index is 4.47. The molecule has 2 rings (SSSR count). The molecular formula is C15H27N3. The number of unbranched alkanes of at least 4 members (excludes halogenated alkanes) is 1. The monoisotopic (exact) mass is 249 g/mol. The minimum absolute atomic E-state index is 0.640. The van der Waals surface area contributed by atoms with Gasteiger partial charge in [-0.1, -0.05) is 33.6 Å².